The van der Waals surface area contributed by atoms with Crippen molar-refractivity contribution in [2.75, 3.05) is 39.8 Å². The summed E-state index contributed by atoms with van der Waals surface area (Å²) in [5, 5.41) is 3.34. The molecule has 1 aliphatic heterocycles. The van der Waals surface area contributed by atoms with E-state index in [1.807, 2.05) is 12.1 Å². The zero-order chi connectivity index (χ0) is 12.8. The third kappa shape index (κ3) is 3.77. The van der Waals surface area contributed by atoms with Crippen molar-refractivity contribution in [2.24, 2.45) is 0 Å². The van der Waals surface area contributed by atoms with E-state index >= 15 is 0 Å². The summed E-state index contributed by atoms with van der Waals surface area (Å²) in [7, 11) is 1.59. The fourth-order valence-electron chi connectivity index (χ4n) is 2.27. The van der Waals surface area contributed by atoms with Gasteiger partial charge in [-0.15, -0.1) is 0 Å². The fraction of sp³-hybridized carbons (Fsp3) is 0.571. The highest BCUT2D eigenvalue weighted by molar-refractivity contribution is 5.25. The minimum absolute atomic E-state index is 0.178. The quantitative estimate of drug-likeness (QED) is 0.858. The maximum absolute atomic E-state index is 13.5. The molecule has 1 aliphatic rings. The van der Waals surface area contributed by atoms with Gasteiger partial charge in [0.25, 0.3) is 0 Å². The van der Waals surface area contributed by atoms with Crippen LogP contribution in [0.25, 0.3) is 0 Å². The molecule has 4 heteroatoms. The first-order valence-corrected chi connectivity index (χ1v) is 6.49. The molecule has 0 amide bonds. The van der Waals surface area contributed by atoms with Crippen LogP contribution in [0.2, 0.25) is 0 Å². The first kappa shape index (κ1) is 13.5. The highest BCUT2D eigenvalue weighted by atomic mass is 19.1. The third-order valence-electron chi connectivity index (χ3n) is 3.34. The number of piperazine rings is 1. The van der Waals surface area contributed by atoms with E-state index < -0.39 is 0 Å². The second-order valence-electron chi connectivity index (χ2n) is 4.70. The topological polar surface area (TPSA) is 24.5 Å². The molecule has 1 heterocycles. The number of nitrogens with one attached hydrogen (secondary N) is 1. The number of hydrogen-bond acceptors (Lipinski definition) is 3. The molecular formula is C14H21FN2O. The molecule has 0 radical (unpaired) electrons. The van der Waals surface area contributed by atoms with Crippen molar-refractivity contribution < 1.29 is 9.13 Å². The van der Waals surface area contributed by atoms with Crippen molar-refractivity contribution in [1.82, 2.24) is 10.2 Å². The highest BCUT2D eigenvalue weighted by Gasteiger charge is 2.10. The zero-order valence-corrected chi connectivity index (χ0v) is 10.9. The molecule has 1 N–H and O–H groups in total. The molecule has 100 valence electrons. The maximum atomic E-state index is 13.5. The predicted octanol–water partition coefficient (Wildman–Crippen LogP) is 1.42. The van der Waals surface area contributed by atoms with Gasteiger partial charge in [0.15, 0.2) is 0 Å². The van der Waals surface area contributed by atoms with Crippen LogP contribution in [0.3, 0.4) is 0 Å². The van der Waals surface area contributed by atoms with Gasteiger partial charge in [-0.05, 0) is 18.1 Å². The molecular weight excluding hydrogens is 231 g/mol. The normalized spacial score (nSPS) is 17.0. The number of nitrogens with zero attached hydrogens (tertiary/aromatic N) is 1. The fourth-order valence-corrected chi connectivity index (χ4v) is 2.27. The van der Waals surface area contributed by atoms with Crippen molar-refractivity contribution in [3.8, 4) is 0 Å². The summed E-state index contributed by atoms with van der Waals surface area (Å²) in [5.41, 5.74) is 1.83. The Labute approximate surface area is 108 Å². The standard InChI is InChI=1S/C14H21FN2O/c1-18-11-13-10-12(2-3-14(13)15)4-7-17-8-5-16-6-9-17/h2-3,10,16H,4-9,11H2,1H3. The highest BCUT2D eigenvalue weighted by Crippen LogP contribution is 2.12. The summed E-state index contributed by atoms with van der Waals surface area (Å²) < 4.78 is 18.5. The Bertz CT molecular complexity index is 378. The van der Waals surface area contributed by atoms with Gasteiger partial charge in [0.2, 0.25) is 0 Å². The van der Waals surface area contributed by atoms with Gasteiger partial charge in [0.05, 0.1) is 6.61 Å². The maximum Gasteiger partial charge on any atom is 0.128 e. The molecule has 0 atom stereocenters. The van der Waals surface area contributed by atoms with Crippen molar-refractivity contribution in [3.05, 3.63) is 35.1 Å². The molecule has 0 saturated carbocycles. The zero-order valence-electron chi connectivity index (χ0n) is 10.9. The Morgan fingerprint density at radius 2 is 2.11 bits per heavy atom. The minimum atomic E-state index is -0.178. The number of benzene rings is 1. The van der Waals surface area contributed by atoms with Gasteiger partial charge in [-0.2, -0.15) is 0 Å². The van der Waals surface area contributed by atoms with Crippen LogP contribution in [0.5, 0.6) is 0 Å². The molecule has 1 fully saturated rings. The monoisotopic (exact) mass is 252 g/mol. The summed E-state index contributed by atoms with van der Waals surface area (Å²) in [4.78, 5) is 2.44. The van der Waals surface area contributed by atoms with Crippen LogP contribution in [-0.2, 0) is 17.8 Å². The van der Waals surface area contributed by atoms with E-state index in [4.69, 9.17) is 4.74 Å². The molecule has 1 aromatic rings. The summed E-state index contributed by atoms with van der Waals surface area (Å²) in [6, 6.07) is 5.33. The Hall–Kier alpha value is -0.970. The number of ether oxygens (including phenoxy) is 1. The Kier molecular flexibility index (Phi) is 5.11. The van der Waals surface area contributed by atoms with Crippen molar-refractivity contribution in [1.29, 1.82) is 0 Å². The van der Waals surface area contributed by atoms with Crippen molar-refractivity contribution in [3.63, 3.8) is 0 Å². The summed E-state index contributed by atoms with van der Waals surface area (Å²) in [6.07, 6.45) is 0.969. The average Bonchev–Trinajstić information content (AvgIpc) is 2.41. The lowest BCUT2D eigenvalue weighted by atomic mass is 10.1. The third-order valence-corrected chi connectivity index (χ3v) is 3.34. The van der Waals surface area contributed by atoms with Gasteiger partial charge in [0, 0.05) is 45.4 Å². The number of rotatable bonds is 5. The van der Waals surface area contributed by atoms with E-state index in [0.717, 1.165) is 39.1 Å². The summed E-state index contributed by atoms with van der Waals surface area (Å²) in [5.74, 6) is -0.178. The second-order valence-corrected chi connectivity index (χ2v) is 4.70. The SMILES string of the molecule is COCc1cc(CCN2CCNCC2)ccc1F. The molecule has 0 bridgehead atoms. The molecule has 1 aromatic carbocycles. The lowest BCUT2D eigenvalue weighted by molar-refractivity contribution is 0.181. The molecule has 3 nitrogen and oxygen atoms in total. The predicted molar refractivity (Wildman–Crippen MR) is 70.1 cm³/mol. The van der Waals surface area contributed by atoms with E-state index in [2.05, 4.69) is 10.2 Å². The van der Waals surface area contributed by atoms with E-state index in [9.17, 15) is 4.39 Å². The van der Waals surface area contributed by atoms with E-state index in [-0.39, 0.29) is 5.82 Å². The average molecular weight is 252 g/mol. The van der Waals surface area contributed by atoms with Crippen LogP contribution < -0.4 is 5.32 Å². The van der Waals surface area contributed by atoms with Crippen molar-refractivity contribution in [2.45, 2.75) is 13.0 Å². The van der Waals surface area contributed by atoms with Crippen molar-refractivity contribution >= 4 is 0 Å². The molecule has 0 spiro atoms. The number of hydrogen-bond donors (Lipinski definition) is 1. The summed E-state index contributed by atoms with van der Waals surface area (Å²) in [6.45, 7) is 5.72. The Morgan fingerprint density at radius 3 is 2.83 bits per heavy atom. The van der Waals surface area contributed by atoms with Gasteiger partial charge in [0.1, 0.15) is 5.82 Å². The lowest BCUT2D eigenvalue weighted by Crippen LogP contribution is -2.44. The van der Waals surface area contributed by atoms with Crippen LogP contribution in [0, 0.1) is 5.82 Å². The molecule has 0 aromatic heterocycles. The Morgan fingerprint density at radius 1 is 1.33 bits per heavy atom. The second kappa shape index (κ2) is 6.83. The van der Waals surface area contributed by atoms with Crippen LogP contribution >= 0.6 is 0 Å². The largest absolute Gasteiger partial charge is 0.380 e. The molecule has 0 unspecified atom stereocenters. The first-order chi connectivity index (χ1) is 8.79. The van der Waals surface area contributed by atoms with Gasteiger partial charge in [-0.1, -0.05) is 12.1 Å². The first-order valence-electron chi connectivity index (χ1n) is 6.49. The minimum Gasteiger partial charge on any atom is -0.380 e. The van der Waals surface area contributed by atoms with Gasteiger partial charge >= 0.3 is 0 Å². The van der Waals surface area contributed by atoms with Gasteiger partial charge < -0.3 is 15.0 Å². The molecule has 18 heavy (non-hydrogen) atoms. The smallest absolute Gasteiger partial charge is 0.128 e. The lowest BCUT2D eigenvalue weighted by Gasteiger charge is -2.27. The molecule has 2 rings (SSSR count). The number of halogens is 1. The van der Waals surface area contributed by atoms with Crippen LogP contribution in [0.1, 0.15) is 11.1 Å². The van der Waals surface area contributed by atoms with Crippen LogP contribution in [0.4, 0.5) is 4.39 Å². The molecule has 0 aliphatic carbocycles. The number of methoxy groups -OCH3 is 1. The van der Waals surface area contributed by atoms with E-state index in [0.29, 0.717) is 12.2 Å². The van der Waals surface area contributed by atoms with Gasteiger partial charge in [-0.3, -0.25) is 0 Å². The van der Waals surface area contributed by atoms with Gasteiger partial charge in [-0.25, -0.2) is 4.39 Å². The molecule has 1 saturated heterocycles. The van der Waals surface area contributed by atoms with Crippen LogP contribution in [-0.4, -0.2) is 44.7 Å². The van der Waals surface area contributed by atoms with Crippen LogP contribution in [0.15, 0.2) is 18.2 Å². The van der Waals surface area contributed by atoms with E-state index in [1.165, 1.54) is 5.56 Å². The van der Waals surface area contributed by atoms with E-state index in [1.54, 1.807) is 13.2 Å². The summed E-state index contributed by atoms with van der Waals surface area (Å²) >= 11 is 0. The Balaban J connectivity index is 1.90.